The van der Waals surface area contributed by atoms with Crippen LogP contribution in [0, 0.1) is 6.92 Å². The maximum Gasteiger partial charge on any atom is 0.0596 e. The normalized spacial score (nSPS) is 12.6. The second-order valence-corrected chi connectivity index (χ2v) is 6.14. The minimum Gasteiger partial charge on any atom is -0.314 e. The summed E-state index contributed by atoms with van der Waals surface area (Å²) in [7, 11) is 1.99. The lowest BCUT2D eigenvalue weighted by molar-refractivity contribution is 0.504. The summed E-state index contributed by atoms with van der Waals surface area (Å²) in [6.45, 7) is 5.06. The van der Waals surface area contributed by atoms with Crippen LogP contribution < -0.4 is 5.32 Å². The van der Waals surface area contributed by atoms with Crippen LogP contribution >= 0.6 is 23.2 Å². The maximum atomic E-state index is 6.28. The van der Waals surface area contributed by atoms with Crippen LogP contribution in [0.1, 0.15) is 23.9 Å². The van der Waals surface area contributed by atoms with Gasteiger partial charge in [-0.25, -0.2) is 0 Å². The number of hydrogen-bond acceptors (Lipinski definition) is 2. The molecule has 0 aliphatic rings. The number of nitrogens with one attached hydrogen (secondary N) is 1. The van der Waals surface area contributed by atoms with E-state index in [0.29, 0.717) is 11.1 Å². The van der Waals surface area contributed by atoms with Gasteiger partial charge in [0.25, 0.3) is 0 Å². The lowest BCUT2D eigenvalue weighted by Gasteiger charge is -2.19. The zero-order chi connectivity index (χ0) is 15.4. The first-order valence-corrected chi connectivity index (χ1v) is 7.92. The van der Waals surface area contributed by atoms with E-state index >= 15 is 0 Å². The van der Waals surface area contributed by atoms with Crippen LogP contribution in [-0.4, -0.2) is 22.4 Å². The Morgan fingerprint density at radius 1 is 1.24 bits per heavy atom. The summed E-state index contributed by atoms with van der Waals surface area (Å²) in [6, 6.07) is 8.15. The van der Waals surface area contributed by atoms with Crippen LogP contribution in [0.15, 0.2) is 24.3 Å². The number of halogens is 2. The Morgan fingerprint density at radius 3 is 2.57 bits per heavy atom. The molecule has 2 rings (SSSR count). The summed E-state index contributed by atoms with van der Waals surface area (Å²) in [4.78, 5) is 0. The molecule has 0 aliphatic carbocycles. The van der Waals surface area contributed by atoms with Crippen molar-refractivity contribution < 1.29 is 0 Å². The van der Waals surface area contributed by atoms with Gasteiger partial charge in [-0.3, -0.25) is 4.68 Å². The molecular formula is C16H21Cl2N3. The van der Waals surface area contributed by atoms with Crippen molar-refractivity contribution in [2.24, 2.45) is 7.05 Å². The van der Waals surface area contributed by atoms with Crippen molar-refractivity contribution in [2.75, 3.05) is 6.54 Å². The number of hydrogen-bond donors (Lipinski definition) is 1. The molecule has 0 fully saturated rings. The molecule has 0 spiro atoms. The Morgan fingerprint density at radius 2 is 2.00 bits per heavy atom. The van der Waals surface area contributed by atoms with Crippen LogP contribution in [0.2, 0.25) is 10.0 Å². The molecular weight excluding hydrogens is 305 g/mol. The quantitative estimate of drug-likeness (QED) is 0.875. The Balaban J connectivity index is 2.13. The van der Waals surface area contributed by atoms with E-state index in [1.54, 1.807) is 6.07 Å². The predicted octanol–water partition coefficient (Wildman–Crippen LogP) is 3.80. The first-order valence-electron chi connectivity index (χ1n) is 7.16. The highest BCUT2D eigenvalue weighted by Crippen LogP contribution is 2.23. The van der Waals surface area contributed by atoms with Crippen molar-refractivity contribution in [3.63, 3.8) is 0 Å². The third-order valence-corrected chi connectivity index (χ3v) is 4.12. The smallest absolute Gasteiger partial charge is 0.0596 e. The van der Waals surface area contributed by atoms with Crippen molar-refractivity contribution in [1.82, 2.24) is 15.1 Å². The summed E-state index contributed by atoms with van der Waals surface area (Å²) in [6.07, 6.45) is 1.79. The van der Waals surface area contributed by atoms with E-state index in [1.165, 1.54) is 5.69 Å². The first-order chi connectivity index (χ1) is 9.99. The summed E-state index contributed by atoms with van der Waals surface area (Å²) in [5.74, 6) is 0. The van der Waals surface area contributed by atoms with E-state index in [4.69, 9.17) is 23.2 Å². The highest BCUT2D eigenvalue weighted by molar-refractivity contribution is 6.35. The fourth-order valence-corrected chi connectivity index (χ4v) is 3.05. The maximum absolute atomic E-state index is 6.28. The molecule has 5 heteroatoms. The second-order valence-electron chi connectivity index (χ2n) is 5.30. The standard InChI is InChI=1S/C16H21Cl2N3/c1-4-19-14(10-15-7-11(2)20-21(15)3)8-12-5-6-13(17)9-16(12)18/h5-7,9,14,19H,4,8,10H2,1-3H3. The van der Waals surface area contributed by atoms with Gasteiger partial charge in [-0.15, -0.1) is 0 Å². The topological polar surface area (TPSA) is 29.9 Å². The van der Waals surface area contributed by atoms with Crippen molar-refractivity contribution >= 4 is 23.2 Å². The zero-order valence-electron chi connectivity index (χ0n) is 12.7. The fourth-order valence-electron chi connectivity index (χ4n) is 2.57. The lowest BCUT2D eigenvalue weighted by atomic mass is 10.0. The molecule has 1 N–H and O–H groups in total. The molecule has 114 valence electrons. The van der Waals surface area contributed by atoms with E-state index in [9.17, 15) is 0 Å². The molecule has 0 aliphatic heterocycles. The largest absolute Gasteiger partial charge is 0.314 e. The SMILES string of the molecule is CCNC(Cc1ccc(Cl)cc1Cl)Cc1cc(C)nn1C. The number of likely N-dealkylation sites (N-methyl/N-ethyl adjacent to an activating group) is 1. The Hall–Kier alpha value is -1.03. The van der Waals surface area contributed by atoms with Gasteiger partial charge in [0.05, 0.1) is 5.69 Å². The van der Waals surface area contributed by atoms with Crippen molar-refractivity contribution in [2.45, 2.75) is 32.7 Å². The molecule has 0 saturated carbocycles. The number of aryl methyl sites for hydroxylation is 2. The van der Waals surface area contributed by atoms with Gasteiger partial charge < -0.3 is 5.32 Å². The summed E-state index contributed by atoms with van der Waals surface area (Å²) in [5.41, 5.74) is 3.39. The van der Waals surface area contributed by atoms with Crippen LogP contribution in [0.3, 0.4) is 0 Å². The summed E-state index contributed by atoms with van der Waals surface area (Å²) >= 11 is 12.2. The lowest BCUT2D eigenvalue weighted by Crippen LogP contribution is -2.33. The van der Waals surface area contributed by atoms with E-state index in [2.05, 4.69) is 23.4 Å². The molecule has 1 aromatic heterocycles. The minimum atomic E-state index is 0.323. The van der Waals surface area contributed by atoms with E-state index in [1.807, 2.05) is 30.8 Å². The van der Waals surface area contributed by atoms with Gasteiger partial charge in [0.15, 0.2) is 0 Å². The van der Waals surface area contributed by atoms with Crippen molar-refractivity contribution in [1.29, 1.82) is 0 Å². The van der Waals surface area contributed by atoms with E-state index in [0.717, 1.165) is 35.7 Å². The van der Waals surface area contributed by atoms with Crippen LogP contribution in [0.4, 0.5) is 0 Å². The third kappa shape index (κ3) is 4.47. The van der Waals surface area contributed by atoms with Gasteiger partial charge in [0.2, 0.25) is 0 Å². The van der Waals surface area contributed by atoms with Gasteiger partial charge in [-0.1, -0.05) is 36.2 Å². The monoisotopic (exact) mass is 325 g/mol. The molecule has 1 heterocycles. The number of benzene rings is 1. The average Bonchev–Trinajstić information content (AvgIpc) is 2.71. The van der Waals surface area contributed by atoms with Gasteiger partial charge >= 0.3 is 0 Å². The van der Waals surface area contributed by atoms with Crippen LogP contribution in [-0.2, 0) is 19.9 Å². The van der Waals surface area contributed by atoms with E-state index in [-0.39, 0.29) is 0 Å². The van der Waals surface area contributed by atoms with Gasteiger partial charge in [-0.05, 0) is 43.7 Å². The Labute approximate surface area is 136 Å². The molecule has 0 bridgehead atoms. The molecule has 2 aromatic rings. The Kier molecular flexibility index (Phi) is 5.68. The average molecular weight is 326 g/mol. The van der Waals surface area contributed by atoms with E-state index < -0.39 is 0 Å². The molecule has 1 aromatic carbocycles. The minimum absolute atomic E-state index is 0.323. The van der Waals surface area contributed by atoms with Crippen molar-refractivity contribution in [3.05, 3.63) is 51.3 Å². The summed E-state index contributed by atoms with van der Waals surface area (Å²) in [5, 5.41) is 9.33. The number of rotatable bonds is 6. The van der Waals surface area contributed by atoms with Gasteiger partial charge in [-0.2, -0.15) is 5.10 Å². The van der Waals surface area contributed by atoms with Crippen LogP contribution in [0.5, 0.6) is 0 Å². The molecule has 1 unspecified atom stereocenters. The number of aromatic nitrogens is 2. The fraction of sp³-hybridized carbons (Fsp3) is 0.438. The molecule has 3 nitrogen and oxygen atoms in total. The van der Waals surface area contributed by atoms with Crippen molar-refractivity contribution in [3.8, 4) is 0 Å². The highest BCUT2D eigenvalue weighted by Gasteiger charge is 2.14. The van der Waals surface area contributed by atoms with Gasteiger partial charge in [0, 0.05) is 35.2 Å². The van der Waals surface area contributed by atoms with Gasteiger partial charge in [0.1, 0.15) is 0 Å². The number of nitrogens with zero attached hydrogens (tertiary/aromatic N) is 2. The summed E-state index contributed by atoms with van der Waals surface area (Å²) < 4.78 is 1.95. The first kappa shape index (κ1) is 16.3. The zero-order valence-corrected chi connectivity index (χ0v) is 14.2. The predicted molar refractivity (Wildman–Crippen MR) is 89.3 cm³/mol. The second kappa shape index (κ2) is 7.30. The molecule has 0 radical (unpaired) electrons. The van der Waals surface area contributed by atoms with Crippen LogP contribution in [0.25, 0.3) is 0 Å². The highest BCUT2D eigenvalue weighted by atomic mass is 35.5. The Bertz CT molecular complexity index is 608. The molecule has 21 heavy (non-hydrogen) atoms. The third-order valence-electron chi connectivity index (χ3n) is 3.53. The molecule has 1 atom stereocenters. The molecule has 0 amide bonds. The molecule has 0 saturated heterocycles.